The van der Waals surface area contributed by atoms with Crippen LogP contribution in [-0.2, 0) is 19.4 Å². The molecular weight excluding hydrogens is 332 g/mol. The first kappa shape index (κ1) is 14.1. The van der Waals surface area contributed by atoms with Crippen molar-refractivity contribution in [3.63, 3.8) is 0 Å². The number of hydrogen-bond donors (Lipinski definition) is 1. The molecule has 2 aromatic carbocycles. The van der Waals surface area contributed by atoms with E-state index < -0.39 is 5.97 Å². The average molecular weight is 347 g/mol. The molecule has 0 unspecified atom stereocenters. The van der Waals surface area contributed by atoms with E-state index in [1.165, 1.54) is 24.0 Å². The van der Waals surface area contributed by atoms with E-state index in [1.807, 2.05) is 0 Å². The third kappa shape index (κ3) is 3.10. The van der Waals surface area contributed by atoms with Gasteiger partial charge in [0, 0.05) is 0 Å². The van der Waals surface area contributed by atoms with Crippen LogP contribution in [0.1, 0.15) is 33.5 Å². The van der Waals surface area contributed by atoms with E-state index in [2.05, 4.69) is 34.1 Å². The summed E-state index contributed by atoms with van der Waals surface area (Å²) >= 11 is 3.35. The molecule has 21 heavy (non-hydrogen) atoms. The van der Waals surface area contributed by atoms with Crippen LogP contribution in [0.15, 0.2) is 40.9 Å². The van der Waals surface area contributed by atoms with Crippen LogP contribution in [0.2, 0.25) is 0 Å². The van der Waals surface area contributed by atoms with Crippen molar-refractivity contribution < 1.29 is 14.6 Å². The van der Waals surface area contributed by atoms with Gasteiger partial charge in [-0.25, -0.2) is 4.79 Å². The molecule has 0 aromatic heterocycles. The van der Waals surface area contributed by atoms with E-state index >= 15 is 0 Å². The largest absolute Gasteiger partial charge is 0.488 e. The third-order valence-corrected chi connectivity index (χ3v) is 4.36. The number of aryl methyl sites for hydroxylation is 2. The van der Waals surface area contributed by atoms with Crippen molar-refractivity contribution in [2.45, 2.75) is 25.9 Å². The van der Waals surface area contributed by atoms with Crippen LogP contribution >= 0.6 is 15.9 Å². The summed E-state index contributed by atoms with van der Waals surface area (Å²) in [5.41, 5.74) is 4.26. The minimum absolute atomic E-state index is 0.242. The lowest BCUT2D eigenvalue weighted by Crippen LogP contribution is -2.00. The van der Waals surface area contributed by atoms with Crippen LogP contribution in [-0.4, -0.2) is 11.1 Å². The second-order valence-electron chi connectivity index (χ2n) is 5.20. The van der Waals surface area contributed by atoms with Gasteiger partial charge in [-0.05, 0) is 70.1 Å². The Labute approximate surface area is 131 Å². The van der Waals surface area contributed by atoms with Crippen molar-refractivity contribution >= 4 is 21.9 Å². The van der Waals surface area contributed by atoms with Crippen LogP contribution in [0.4, 0.5) is 0 Å². The molecule has 0 saturated carbocycles. The van der Waals surface area contributed by atoms with Crippen LogP contribution in [0, 0.1) is 0 Å². The normalized spacial score (nSPS) is 13.0. The van der Waals surface area contributed by atoms with Gasteiger partial charge in [-0.2, -0.15) is 0 Å². The molecule has 3 rings (SSSR count). The summed E-state index contributed by atoms with van der Waals surface area (Å²) in [6.07, 6.45) is 3.57. The van der Waals surface area contributed by atoms with Crippen molar-refractivity contribution in [1.29, 1.82) is 0 Å². The molecule has 1 aliphatic rings. The summed E-state index contributed by atoms with van der Waals surface area (Å²) in [7, 11) is 0. The molecule has 0 spiro atoms. The molecule has 0 atom stereocenters. The topological polar surface area (TPSA) is 46.5 Å². The average Bonchev–Trinajstić information content (AvgIpc) is 2.93. The molecule has 0 saturated heterocycles. The van der Waals surface area contributed by atoms with Gasteiger partial charge in [0.1, 0.15) is 12.4 Å². The maximum atomic E-state index is 10.9. The van der Waals surface area contributed by atoms with Crippen molar-refractivity contribution in [2.24, 2.45) is 0 Å². The molecule has 0 aliphatic heterocycles. The van der Waals surface area contributed by atoms with Gasteiger partial charge >= 0.3 is 5.97 Å². The minimum atomic E-state index is -0.944. The molecule has 4 heteroatoms. The lowest BCUT2D eigenvalue weighted by molar-refractivity contribution is 0.0696. The number of carboxylic acids is 1. The highest BCUT2D eigenvalue weighted by atomic mass is 79.9. The zero-order valence-corrected chi connectivity index (χ0v) is 13.0. The number of benzene rings is 2. The Morgan fingerprint density at radius 3 is 2.71 bits per heavy atom. The molecular formula is C17H15BrO3. The maximum absolute atomic E-state index is 10.9. The molecule has 0 heterocycles. The first-order chi connectivity index (χ1) is 10.1. The Bertz CT molecular complexity index is 694. The van der Waals surface area contributed by atoms with E-state index in [0.717, 1.165) is 12.0 Å². The number of hydrogen-bond acceptors (Lipinski definition) is 2. The predicted octanol–water partition coefficient (Wildman–Crippen LogP) is 4.22. The van der Waals surface area contributed by atoms with Crippen molar-refractivity contribution in [2.75, 3.05) is 0 Å². The standard InChI is InChI=1S/C17H15BrO3/c18-15-9-14(17(19)20)6-7-16(15)21-10-11-4-5-12-2-1-3-13(12)8-11/h4-9H,1-3,10H2,(H,19,20). The zero-order chi connectivity index (χ0) is 14.8. The zero-order valence-electron chi connectivity index (χ0n) is 11.4. The quantitative estimate of drug-likeness (QED) is 0.901. The van der Waals surface area contributed by atoms with E-state index in [1.54, 1.807) is 18.2 Å². The minimum Gasteiger partial charge on any atom is -0.488 e. The van der Waals surface area contributed by atoms with Crippen LogP contribution in [0.25, 0.3) is 0 Å². The molecule has 2 aromatic rings. The van der Waals surface area contributed by atoms with Gasteiger partial charge in [0.15, 0.2) is 0 Å². The van der Waals surface area contributed by atoms with E-state index in [4.69, 9.17) is 9.84 Å². The Morgan fingerprint density at radius 1 is 1.14 bits per heavy atom. The van der Waals surface area contributed by atoms with Crippen molar-refractivity contribution in [3.8, 4) is 5.75 Å². The van der Waals surface area contributed by atoms with Gasteiger partial charge in [-0.15, -0.1) is 0 Å². The molecule has 3 nitrogen and oxygen atoms in total. The predicted molar refractivity (Wildman–Crippen MR) is 83.9 cm³/mol. The third-order valence-electron chi connectivity index (χ3n) is 3.74. The van der Waals surface area contributed by atoms with Crippen molar-refractivity contribution in [3.05, 3.63) is 63.1 Å². The Kier molecular flexibility index (Phi) is 3.97. The molecule has 0 fully saturated rings. The Balaban J connectivity index is 1.71. The molecule has 0 bridgehead atoms. The second-order valence-corrected chi connectivity index (χ2v) is 6.05. The van der Waals surface area contributed by atoms with Gasteiger partial charge in [0.05, 0.1) is 10.0 Å². The summed E-state index contributed by atoms with van der Waals surface area (Å²) in [5, 5.41) is 8.94. The van der Waals surface area contributed by atoms with Gasteiger partial charge < -0.3 is 9.84 Å². The lowest BCUT2D eigenvalue weighted by atomic mass is 10.1. The molecule has 0 amide bonds. The summed E-state index contributed by atoms with van der Waals surface area (Å²) in [4.78, 5) is 10.9. The number of ether oxygens (including phenoxy) is 1. The van der Waals surface area contributed by atoms with Gasteiger partial charge in [0.25, 0.3) is 0 Å². The fourth-order valence-corrected chi connectivity index (χ4v) is 3.12. The number of carbonyl (C=O) groups is 1. The molecule has 1 aliphatic carbocycles. The molecule has 1 N–H and O–H groups in total. The highest BCUT2D eigenvalue weighted by molar-refractivity contribution is 9.10. The molecule has 0 radical (unpaired) electrons. The number of rotatable bonds is 4. The monoisotopic (exact) mass is 346 g/mol. The summed E-state index contributed by atoms with van der Waals surface area (Å²) in [6.45, 7) is 0.484. The number of fused-ring (bicyclic) bond motifs is 1. The van der Waals surface area contributed by atoms with Crippen LogP contribution in [0.3, 0.4) is 0 Å². The number of carboxylic acid groups (broad SMARTS) is 1. The fraction of sp³-hybridized carbons (Fsp3) is 0.235. The van der Waals surface area contributed by atoms with Crippen molar-refractivity contribution in [1.82, 2.24) is 0 Å². The fourth-order valence-electron chi connectivity index (χ4n) is 2.63. The smallest absolute Gasteiger partial charge is 0.335 e. The van der Waals surface area contributed by atoms with E-state index in [-0.39, 0.29) is 5.56 Å². The van der Waals surface area contributed by atoms with Crippen LogP contribution in [0.5, 0.6) is 5.75 Å². The lowest BCUT2D eigenvalue weighted by Gasteiger charge is -2.10. The highest BCUT2D eigenvalue weighted by Crippen LogP contribution is 2.28. The van der Waals surface area contributed by atoms with E-state index in [9.17, 15) is 4.79 Å². The molecule has 108 valence electrons. The summed E-state index contributed by atoms with van der Waals surface area (Å²) in [5.74, 6) is -0.290. The van der Waals surface area contributed by atoms with Gasteiger partial charge in [-0.1, -0.05) is 18.2 Å². The Hall–Kier alpha value is -1.81. The SMILES string of the molecule is O=C(O)c1ccc(OCc2ccc3c(c2)CCC3)c(Br)c1. The number of halogens is 1. The maximum Gasteiger partial charge on any atom is 0.335 e. The Morgan fingerprint density at radius 2 is 1.95 bits per heavy atom. The summed E-state index contributed by atoms with van der Waals surface area (Å²) in [6, 6.07) is 11.3. The highest BCUT2D eigenvalue weighted by Gasteiger charge is 2.12. The first-order valence-electron chi connectivity index (χ1n) is 6.90. The van der Waals surface area contributed by atoms with E-state index in [0.29, 0.717) is 16.8 Å². The van der Waals surface area contributed by atoms with Crippen LogP contribution < -0.4 is 4.74 Å². The number of aromatic carboxylic acids is 1. The van der Waals surface area contributed by atoms with Gasteiger partial charge in [0.2, 0.25) is 0 Å². The first-order valence-corrected chi connectivity index (χ1v) is 7.69. The summed E-state index contributed by atoms with van der Waals surface area (Å²) < 4.78 is 6.43. The second kappa shape index (κ2) is 5.90. The van der Waals surface area contributed by atoms with Gasteiger partial charge in [-0.3, -0.25) is 0 Å².